The summed E-state index contributed by atoms with van der Waals surface area (Å²) in [4.78, 5) is 4.00. The van der Waals surface area contributed by atoms with E-state index in [9.17, 15) is 5.21 Å². The van der Waals surface area contributed by atoms with Crippen LogP contribution in [0.5, 0.6) is 0 Å². The van der Waals surface area contributed by atoms with Crippen LogP contribution in [-0.4, -0.2) is 41.5 Å². The first kappa shape index (κ1) is 11.6. The monoisotopic (exact) mass is 224 g/mol. The highest BCUT2D eigenvalue weighted by Gasteiger charge is 2.52. The number of nitrogens with zero attached hydrogens (tertiary/aromatic N) is 2. The number of hydroxylamine groups is 2. The lowest BCUT2D eigenvalue weighted by Crippen LogP contribution is -2.41. The van der Waals surface area contributed by atoms with E-state index in [2.05, 4.69) is 4.99 Å². The predicted octanol–water partition coefficient (Wildman–Crippen LogP) is 1.23. The van der Waals surface area contributed by atoms with E-state index in [1.165, 1.54) is 0 Å². The van der Waals surface area contributed by atoms with Crippen molar-refractivity contribution in [2.24, 2.45) is 4.99 Å². The minimum atomic E-state index is -0.469. The molecule has 1 N–H and O–H groups in total. The highest BCUT2D eigenvalue weighted by atomic mass is 16.7. The number of rotatable bonds is 1. The minimum Gasteiger partial charge on any atom is -0.399 e. The Morgan fingerprint density at radius 2 is 1.88 bits per heavy atom. The van der Waals surface area contributed by atoms with Gasteiger partial charge in [0, 0.05) is 17.9 Å². The SMILES string of the molecule is CC1(C)OB(C2=CN(O)CN=C2)OC1(C)C. The summed E-state index contributed by atoms with van der Waals surface area (Å²) < 4.78 is 11.7. The smallest absolute Gasteiger partial charge is 0.399 e. The maximum Gasteiger partial charge on any atom is 0.498 e. The van der Waals surface area contributed by atoms with Crippen LogP contribution in [0.15, 0.2) is 16.7 Å². The summed E-state index contributed by atoms with van der Waals surface area (Å²) in [6.07, 6.45) is 3.25. The van der Waals surface area contributed by atoms with Crippen molar-refractivity contribution in [3.8, 4) is 0 Å². The Hall–Kier alpha value is -0.845. The zero-order chi connectivity index (χ0) is 12.0. The summed E-state index contributed by atoms with van der Waals surface area (Å²) in [7, 11) is -0.469. The summed E-state index contributed by atoms with van der Waals surface area (Å²) in [6, 6.07) is 0. The summed E-state index contributed by atoms with van der Waals surface area (Å²) >= 11 is 0. The van der Waals surface area contributed by atoms with Crippen molar-refractivity contribution in [3.63, 3.8) is 0 Å². The molecule has 0 saturated carbocycles. The standard InChI is InChI=1S/C10H17BN2O3/c1-9(2)10(3,4)16-11(15-9)8-5-12-7-13(14)6-8/h5-6,14H,7H2,1-4H3. The van der Waals surface area contributed by atoms with E-state index in [0.717, 1.165) is 10.5 Å². The van der Waals surface area contributed by atoms with Crippen LogP contribution in [0.1, 0.15) is 27.7 Å². The molecule has 2 aliphatic heterocycles. The maximum absolute atomic E-state index is 9.33. The van der Waals surface area contributed by atoms with E-state index in [0.29, 0.717) is 0 Å². The molecular weight excluding hydrogens is 207 g/mol. The van der Waals surface area contributed by atoms with Gasteiger partial charge in [0.15, 0.2) is 0 Å². The molecule has 16 heavy (non-hydrogen) atoms. The molecule has 1 fully saturated rings. The molecule has 1 saturated heterocycles. The van der Waals surface area contributed by atoms with Gasteiger partial charge in [0.2, 0.25) is 0 Å². The van der Waals surface area contributed by atoms with Crippen molar-refractivity contribution in [1.29, 1.82) is 0 Å². The fourth-order valence-electron chi connectivity index (χ4n) is 1.58. The van der Waals surface area contributed by atoms with Crippen LogP contribution in [0.2, 0.25) is 0 Å². The van der Waals surface area contributed by atoms with Gasteiger partial charge in [0.25, 0.3) is 0 Å². The lowest BCUT2D eigenvalue weighted by molar-refractivity contribution is -0.0391. The molecule has 2 heterocycles. The van der Waals surface area contributed by atoms with Gasteiger partial charge in [-0.05, 0) is 27.7 Å². The van der Waals surface area contributed by atoms with Gasteiger partial charge in [-0.25, -0.2) is 5.06 Å². The Kier molecular flexibility index (Phi) is 2.60. The molecule has 0 aromatic rings. The second-order valence-corrected chi connectivity index (χ2v) is 5.11. The molecule has 0 bridgehead atoms. The third-order valence-corrected chi connectivity index (χ3v) is 3.29. The van der Waals surface area contributed by atoms with E-state index in [1.807, 2.05) is 27.7 Å². The van der Waals surface area contributed by atoms with Crippen LogP contribution in [-0.2, 0) is 9.31 Å². The van der Waals surface area contributed by atoms with Crippen molar-refractivity contribution in [2.75, 3.05) is 6.67 Å². The number of aliphatic imine (C=N–C) groups is 1. The minimum absolute atomic E-state index is 0.253. The van der Waals surface area contributed by atoms with E-state index in [1.54, 1.807) is 12.4 Å². The van der Waals surface area contributed by atoms with Gasteiger partial charge < -0.3 is 9.31 Å². The topological polar surface area (TPSA) is 54.3 Å². The molecule has 0 amide bonds. The molecule has 0 radical (unpaired) electrons. The molecule has 88 valence electrons. The summed E-state index contributed by atoms with van der Waals surface area (Å²) in [5, 5.41) is 10.3. The van der Waals surface area contributed by atoms with E-state index >= 15 is 0 Å². The van der Waals surface area contributed by atoms with Gasteiger partial charge in [-0.15, -0.1) is 0 Å². The number of hydrogen-bond acceptors (Lipinski definition) is 5. The second-order valence-electron chi connectivity index (χ2n) is 5.11. The van der Waals surface area contributed by atoms with E-state index in [-0.39, 0.29) is 17.9 Å². The third-order valence-electron chi connectivity index (χ3n) is 3.29. The van der Waals surface area contributed by atoms with Gasteiger partial charge >= 0.3 is 7.12 Å². The van der Waals surface area contributed by atoms with Crippen LogP contribution in [0.3, 0.4) is 0 Å². The molecule has 0 atom stereocenters. The number of hydrogen-bond donors (Lipinski definition) is 1. The zero-order valence-corrected chi connectivity index (χ0v) is 10.1. The van der Waals surface area contributed by atoms with E-state index < -0.39 is 7.12 Å². The van der Waals surface area contributed by atoms with E-state index in [4.69, 9.17) is 9.31 Å². The van der Waals surface area contributed by atoms with Crippen molar-refractivity contribution in [1.82, 2.24) is 5.06 Å². The Balaban J connectivity index is 2.18. The largest absolute Gasteiger partial charge is 0.498 e. The molecule has 0 aromatic heterocycles. The fourth-order valence-corrected chi connectivity index (χ4v) is 1.58. The van der Waals surface area contributed by atoms with Crippen LogP contribution in [0.4, 0.5) is 0 Å². The quantitative estimate of drug-likeness (QED) is 0.680. The molecule has 0 unspecified atom stereocenters. The van der Waals surface area contributed by atoms with Gasteiger partial charge in [-0.2, -0.15) is 0 Å². The van der Waals surface area contributed by atoms with Crippen molar-refractivity contribution in [3.05, 3.63) is 11.7 Å². The average Bonchev–Trinajstić information content (AvgIpc) is 2.36. The Labute approximate surface area is 95.8 Å². The predicted molar refractivity (Wildman–Crippen MR) is 61.1 cm³/mol. The molecule has 6 heteroatoms. The van der Waals surface area contributed by atoms with Gasteiger partial charge in [-0.3, -0.25) is 10.2 Å². The van der Waals surface area contributed by atoms with Crippen molar-refractivity contribution in [2.45, 2.75) is 38.9 Å². The lowest BCUT2D eigenvalue weighted by atomic mass is 9.79. The molecule has 5 nitrogen and oxygen atoms in total. The molecule has 0 aromatic carbocycles. The highest BCUT2D eigenvalue weighted by Crippen LogP contribution is 2.38. The fraction of sp³-hybridized carbons (Fsp3) is 0.700. The lowest BCUT2D eigenvalue weighted by Gasteiger charge is -2.32. The summed E-state index contributed by atoms with van der Waals surface area (Å²) in [5.74, 6) is 0. The zero-order valence-electron chi connectivity index (χ0n) is 10.1. The van der Waals surface area contributed by atoms with Crippen LogP contribution < -0.4 is 0 Å². The first-order valence-electron chi connectivity index (χ1n) is 5.34. The van der Waals surface area contributed by atoms with Gasteiger partial charge in [0.1, 0.15) is 6.67 Å². The molecule has 0 aliphatic carbocycles. The van der Waals surface area contributed by atoms with Crippen molar-refractivity contribution < 1.29 is 14.5 Å². The van der Waals surface area contributed by atoms with Crippen LogP contribution >= 0.6 is 0 Å². The molecule has 2 rings (SSSR count). The summed E-state index contributed by atoms with van der Waals surface area (Å²) in [6.45, 7) is 8.21. The highest BCUT2D eigenvalue weighted by molar-refractivity contribution is 6.60. The van der Waals surface area contributed by atoms with Crippen molar-refractivity contribution >= 4 is 13.3 Å². The molecule has 2 aliphatic rings. The molecular formula is C10H17BN2O3. The first-order chi connectivity index (χ1) is 7.32. The molecule has 0 spiro atoms. The van der Waals surface area contributed by atoms with Gasteiger partial charge in [-0.1, -0.05) is 0 Å². The average molecular weight is 224 g/mol. The normalized spacial score (nSPS) is 27.2. The third kappa shape index (κ3) is 1.88. The maximum atomic E-state index is 9.33. The summed E-state index contributed by atoms with van der Waals surface area (Å²) in [5.41, 5.74) is -0.0128. The van der Waals surface area contributed by atoms with Crippen LogP contribution in [0.25, 0.3) is 0 Å². The second kappa shape index (κ2) is 3.58. The Bertz CT molecular complexity index is 336. The Morgan fingerprint density at radius 3 is 2.38 bits per heavy atom. The number of allylic oxidation sites excluding steroid dienone is 1. The van der Waals surface area contributed by atoms with Crippen LogP contribution in [0, 0.1) is 0 Å². The Morgan fingerprint density at radius 1 is 1.31 bits per heavy atom. The first-order valence-corrected chi connectivity index (χ1v) is 5.34. The van der Waals surface area contributed by atoms with Gasteiger partial charge in [0.05, 0.1) is 11.2 Å².